The molecule has 0 bridgehead atoms. The molecule has 1 unspecified atom stereocenters. The molecule has 0 radical (unpaired) electrons. The molecule has 1 aliphatic heterocycles. The highest BCUT2D eigenvalue weighted by atomic mass is 35.5. The van der Waals surface area contributed by atoms with Gasteiger partial charge in [0, 0.05) is 26.1 Å². The van der Waals surface area contributed by atoms with Crippen LogP contribution in [0.2, 0.25) is 4.34 Å². The highest BCUT2D eigenvalue weighted by molar-refractivity contribution is 7.91. The van der Waals surface area contributed by atoms with Crippen LogP contribution in [0.5, 0.6) is 0 Å². The Kier molecular flexibility index (Phi) is 5.65. The van der Waals surface area contributed by atoms with Crippen molar-refractivity contribution < 1.29 is 13.2 Å². The Balaban J connectivity index is 1.82. The van der Waals surface area contributed by atoms with Crippen molar-refractivity contribution in [3.63, 3.8) is 0 Å². The van der Waals surface area contributed by atoms with Crippen LogP contribution in [0.15, 0.2) is 16.3 Å². The van der Waals surface area contributed by atoms with E-state index < -0.39 is 10.0 Å². The Hall–Kier alpha value is -0.630. The summed E-state index contributed by atoms with van der Waals surface area (Å²) in [6, 6.07) is 3.00. The molecule has 1 amide bonds. The minimum Gasteiger partial charge on any atom is -0.342 e. The van der Waals surface area contributed by atoms with Gasteiger partial charge in [-0.05, 0) is 30.9 Å². The summed E-state index contributed by atoms with van der Waals surface area (Å²) in [5, 5.41) is 0. The number of thiophene rings is 1. The normalized spacial score (nSPS) is 19.7. The van der Waals surface area contributed by atoms with Gasteiger partial charge in [0.05, 0.1) is 4.34 Å². The fraction of sp³-hybridized carbons (Fsp3) is 0.615. The summed E-state index contributed by atoms with van der Waals surface area (Å²) in [6.07, 6.45) is 2.35. The van der Waals surface area contributed by atoms with Crippen molar-refractivity contribution in [1.82, 2.24) is 9.62 Å². The first-order chi connectivity index (χ1) is 9.88. The first-order valence-corrected chi connectivity index (χ1v) is 9.59. The minimum absolute atomic E-state index is 0.00784. The molecule has 0 spiro atoms. The van der Waals surface area contributed by atoms with Crippen molar-refractivity contribution in [2.45, 2.75) is 30.4 Å². The van der Waals surface area contributed by atoms with Crippen molar-refractivity contribution in [3.8, 4) is 0 Å². The lowest BCUT2D eigenvalue weighted by molar-refractivity contribution is -0.132. The lowest BCUT2D eigenvalue weighted by Gasteiger charge is -2.31. The number of halogens is 1. The van der Waals surface area contributed by atoms with Gasteiger partial charge in [-0.1, -0.05) is 18.5 Å². The number of rotatable bonds is 5. The number of carbonyl (C=O) groups excluding carboxylic acids is 1. The van der Waals surface area contributed by atoms with Gasteiger partial charge in [0.25, 0.3) is 0 Å². The summed E-state index contributed by atoms with van der Waals surface area (Å²) in [7, 11) is -3.56. The molecular formula is C13H19ClN2O3S2. The van der Waals surface area contributed by atoms with Gasteiger partial charge in [-0.3, -0.25) is 4.79 Å². The Morgan fingerprint density at radius 1 is 1.52 bits per heavy atom. The second kappa shape index (κ2) is 7.09. The predicted octanol–water partition coefficient (Wildman–Crippen LogP) is 2.33. The third-order valence-electron chi connectivity index (χ3n) is 3.45. The molecule has 1 aromatic heterocycles. The van der Waals surface area contributed by atoms with Gasteiger partial charge in [0.1, 0.15) is 4.21 Å². The number of nitrogens with zero attached hydrogens (tertiary/aromatic N) is 1. The van der Waals surface area contributed by atoms with Gasteiger partial charge in [0.15, 0.2) is 0 Å². The molecule has 2 heterocycles. The quantitative estimate of drug-likeness (QED) is 0.886. The molecular weight excluding hydrogens is 332 g/mol. The van der Waals surface area contributed by atoms with E-state index in [0.29, 0.717) is 10.3 Å². The fourth-order valence-electron chi connectivity index (χ4n) is 2.38. The van der Waals surface area contributed by atoms with Crippen LogP contribution in [0.25, 0.3) is 0 Å². The molecule has 21 heavy (non-hydrogen) atoms. The number of nitrogens with one attached hydrogen (secondary N) is 1. The Bertz CT molecular complexity index is 600. The number of carbonyl (C=O) groups is 1. The predicted molar refractivity (Wildman–Crippen MR) is 84.1 cm³/mol. The number of hydrogen-bond donors (Lipinski definition) is 1. The van der Waals surface area contributed by atoms with Crippen LogP contribution in [-0.4, -0.2) is 38.9 Å². The second-order valence-electron chi connectivity index (χ2n) is 5.29. The minimum atomic E-state index is -3.56. The molecule has 2 rings (SSSR count). The molecule has 118 valence electrons. The van der Waals surface area contributed by atoms with Gasteiger partial charge in [-0.2, -0.15) is 0 Å². The summed E-state index contributed by atoms with van der Waals surface area (Å²) in [4.78, 5) is 13.9. The summed E-state index contributed by atoms with van der Waals surface area (Å²) in [5.41, 5.74) is 0. The van der Waals surface area contributed by atoms with Crippen LogP contribution in [0.4, 0.5) is 0 Å². The summed E-state index contributed by atoms with van der Waals surface area (Å²) >= 11 is 6.73. The third kappa shape index (κ3) is 4.67. The van der Waals surface area contributed by atoms with E-state index >= 15 is 0 Å². The number of amides is 1. The maximum atomic E-state index is 12.0. The van der Waals surface area contributed by atoms with Gasteiger partial charge in [0.2, 0.25) is 15.9 Å². The lowest BCUT2D eigenvalue weighted by atomic mass is 10.0. The molecule has 1 fully saturated rings. The lowest BCUT2D eigenvalue weighted by Crippen LogP contribution is -2.40. The average Bonchev–Trinajstić information content (AvgIpc) is 2.86. The number of hydrogen-bond acceptors (Lipinski definition) is 4. The molecule has 1 aromatic rings. The maximum Gasteiger partial charge on any atom is 0.250 e. The number of likely N-dealkylation sites (tertiary alicyclic amines) is 1. The highest BCUT2D eigenvalue weighted by Crippen LogP contribution is 2.25. The Morgan fingerprint density at radius 2 is 2.29 bits per heavy atom. The van der Waals surface area contributed by atoms with Gasteiger partial charge in [-0.25, -0.2) is 13.1 Å². The monoisotopic (exact) mass is 350 g/mol. The van der Waals surface area contributed by atoms with Crippen LogP contribution in [0.3, 0.4) is 0 Å². The van der Waals surface area contributed by atoms with E-state index in [2.05, 4.69) is 11.6 Å². The van der Waals surface area contributed by atoms with E-state index in [0.717, 1.165) is 37.3 Å². The van der Waals surface area contributed by atoms with Gasteiger partial charge < -0.3 is 4.90 Å². The zero-order valence-corrected chi connectivity index (χ0v) is 14.2. The van der Waals surface area contributed by atoms with Crippen molar-refractivity contribution in [2.75, 3.05) is 19.6 Å². The van der Waals surface area contributed by atoms with Crippen molar-refractivity contribution in [1.29, 1.82) is 0 Å². The van der Waals surface area contributed by atoms with Crippen molar-refractivity contribution >= 4 is 38.9 Å². The SMILES string of the molecule is CC1CCCN(C(=O)CCNS(=O)(=O)c2ccc(Cl)s2)C1. The van der Waals surface area contributed by atoms with Crippen LogP contribution < -0.4 is 4.72 Å². The standard InChI is InChI=1S/C13H19ClN2O3S2/c1-10-3-2-8-16(9-10)12(17)6-7-15-21(18,19)13-5-4-11(14)20-13/h4-5,10,15H,2-3,6-9H2,1H3. The van der Waals surface area contributed by atoms with E-state index in [1.807, 2.05) is 4.90 Å². The van der Waals surface area contributed by atoms with E-state index in [1.54, 1.807) is 6.07 Å². The molecule has 1 atom stereocenters. The molecule has 1 N–H and O–H groups in total. The molecule has 1 saturated heterocycles. The van der Waals surface area contributed by atoms with Gasteiger partial charge >= 0.3 is 0 Å². The molecule has 0 saturated carbocycles. The van der Waals surface area contributed by atoms with Crippen LogP contribution >= 0.6 is 22.9 Å². The summed E-state index contributed by atoms with van der Waals surface area (Å²) < 4.78 is 27.0. The van der Waals surface area contributed by atoms with E-state index in [-0.39, 0.29) is 23.1 Å². The largest absolute Gasteiger partial charge is 0.342 e. The first-order valence-electron chi connectivity index (χ1n) is 6.91. The van der Waals surface area contributed by atoms with Crippen LogP contribution in [-0.2, 0) is 14.8 Å². The summed E-state index contributed by atoms with van der Waals surface area (Å²) in [6.45, 7) is 3.78. The van der Waals surface area contributed by atoms with E-state index in [1.165, 1.54) is 6.07 Å². The highest BCUT2D eigenvalue weighted by Gasteiger charge is 2.22. The molecule has 0 aliphatic carbocycles. The zero-order chi connectivity index (χ0) is 15.5. The van der Waals surface area contributed by atoms with Gasteiger partial charge in [-0.15, -0.1) is 11.3 Å². The first kappa shape index (κ1) is 16.7. The average molecular weight is 351 g/mol. The van der Waals surface area contributed by atoms with Crippen LogP contribution in [0, 0.1) is 5.92 Å². The second-order valence-corrected chi connectivity index (χ2v) is 9.00. The summed E-state index contributed by atoms with van der Waals surface area (Å²) in [5.74, 6) is 0.529. The Morgan fingerprint density at radius 3 is 2.90 bits per heavy atom. The molecule has 1 aliphatic rings. The van der Waals surface area contributed by atoms with Crippen LogP contribution in [0.1, 0.15) is 26.2 Å². The number of sulfonamides is 1. The third-order valence-corrected chi connectivity index (χ3v) is 6.64. The number of piperidine rings is 1. The maximum absolute atomic E-state index is 12.0. The molecule has 5 nitrogen and oxygen atoms in total. The van der Waals surface area contributed by atoms with E-state index in [9.17, 15) is 13.2 Å². The van der Waals surface area contributed by atoms with Crippen molar-refractivity contribution in [2.24, 2.45) is 5.92 Å². The zero-order valence-electron chi connectivity index (χ0n) is 11.8. The topological polar surface area (TPSA) is 66.5 Å². The molecule has 8 heteroatoms. The van der Waals surface area contributed by atoms with E-state index in [4.69, 9.17) is 11.6 Å². The fourth-order valence-corrected chi connectivity index (χ4v) is 4.94. The smallest absolute Gasteiger partial charge is 0.250 e. The molecule has 0 aromatic carbocycles. The Labute approximate surface area is 134 Å². The van der Waals surface area contributed by atoms with Crippen molar-refractivity contribution in [3.05, 3.63) is 16.5 Å².